The van der Waals surface area contributed by atoms with Crippen LogP contribution >= 0.6 is 12.6 Å². The summed E-state index contributed by atoms with van der Waals surface area (Å²) in [6, 6.07) is 8.22. The first-order valence-corrected chi connectivity index (χ1v) is 14.3. The molecule has 41 heavy (non-hydrogen) atoms. The molecule has 3 N–H and O–H groups in total. The number of nitrogens with one attached hydrogen (secondary N) is 3. The van der Waals surface area contributed by atoms with E-state index >= 15 is 0 Å². The van der Waals surface area contributed by atoms with Gasteiger partial charge in [-0.3, -0.25) is 33.9 Å². The lowest BCUT2D eigenvalue weighted by Gasteiger charge is -2.32. The molecule has 0 fully saturated rings. The third-order valence-corrected chi connectivity index (χ3v) is 7.24. The molecule has 11 heteroatoms. The van der Waals surface area contributed by atoms with Gasteiger partial charge in [0.2, 0.25) is 17.7 Å². The van der Waals surface area contributed by atoms with Gasteiger partial charge < -0.3 is 16.0 Å². The van der Waals surface area contributed by atoms with Gasteiger partial charge >= 0.3 is 0 Å². The number of carbonyl (C=O) groups is 5. The number of anilines is 1. The fourth-order valence-corrected chi connectivity index (χ4v) is 4.81. The Morgan fingerprint density at radius 3 is 2.02 bits per heavy atom. The molecule has 1 aliphatic rings. The molecule has 2 aromatic rings. The van der Waals surface area contributed by atoms with E-state index in [-0.39, 0.29) is 36.6 Å². The van der Waals surface area contributed by atoms with E-state index < -0.39 is 34.6 Å². The van der Waals surface area contributed by atoms with Crippen molar-refractivity contribution in [3.05, 3.63) is 59.9 Å². The second-order valence-corrected chi connectivity index (χ2v) is 12.3. The van der Waals surface area contributed by atoms with Crippen LogP contribution in [0.5, 0.6) is 0 Å². The minimum atomic E-state index is -0.882. The maximum Gasteiger partial charge on any atom is 0.261 e. The molecule has 0 aliphatic carbocycles. The molecule has 1 aromatic heterocycles. The predicted octanol–water partition coefficient (Wildman–Crippen LogP) is 3.46. The van der Waals surface area contributed by atoms with Crippen molar-refractivity contribution in [2.24, 2.45) is 11.3 Å². The van der Waals surface area contributed by atoms with Crippen LogP contribution in [0.25, 0.3) is 0 Å². The number of nitrogens with zero attached hydrogens (tertiary/aromatic N) is 2. The van der Waals surface area contributed by atoms with E-state index in [1.165, 1.54) is 4.90 Å². The Labute approximate surface area is 246 Å². The zero-order chi connectivity index (χ0) is 30.3. The summed E-state index contributed by atoms with van der Waals surface area (Å²) in [5.74, 6) is -1.90. The van der Waals surface area contributed by atoms with Crippen LogP contribution in [0.4, 0.5) is 5.69 Å². The predicted molar refractivity (Wildman–Crippen MR) is 159 cm³/mol. The van der Waals surface area contributed by atoms with E-state index in [9.17, 15) is 24.0 Å². The molecule has 0 radical (unpaired) electrons. The number of aromatic nitrogens is 1. The summed E-state index contributed by atoms with van der Waals surface area (Å²) in [7, 11) is 0. The average Bonchev–Trinajstić information content (AvgIpc) is 3.15. The highest BCUT2D eigenvalue weighted by Crippen LogP contribution is 2.24. The van der Waals surface area contributed by atoms with E-state index in [2.05, 4.69) is 33.6 Å². The largest absolute Gasteiger partial charge is 0.343 e. The van der Waals surface area contributed by atoms with Crippen molar-refractivity contribution in [1.82, 2.24) is 20.5 Å². The van der Waals surface area contributed by atoms with Crippen molar-refractivity contribution in [2.75, 3.05) is 11.9 Å². The van der Waals surface area contributed by atoms with Crippen LogP contribution in [0.1, 0.15) is 74.6 Å². The first-order chi connectivity index (χ1) is 19.3. The smallest absolute Gasteiger partial charge is 0.261 e. The van der Waals surface area contributed by atoms with E-state index in [0.717, 1.165) is 0 Å². The zero-order valence-corrected chi connectivity index (χ0v) is 25.0. The van der Waals surface area contributed by atoms with Crippen LogP contribution in [0, 0.1) is 11.3 Å². The van der Waals surface area contributed by atoms with Gasteiger partial charge in [-0.15, -0.1) is 0 Å². The third kappa shape index (κ3) is 8.39. The van der Waals surface area contributed by atoms with Gasteiger partial charge in [0, 0.05) is 24.6 Å². The lowest BCUT2D eigenvalue weighted by atomic mass is 9.85. The summed E-state index contributed by atoms with van der Waals surface area (Å²) in [5.41, 5.74) is 0.695. The maximum atomic E-state index is 13.4. The Morgan fingerprint density at radius 2 is 1.49 bits per heavy atom. The van der Waals surface area contributed by atoms with E-state index in [4.69, 9.17) is 0 Å². The van der Waals surface area contributed by atoms with Crippen LogP contribution in [0.2, 0.25) is 0 Å². The van der Waals surface area contributed by atoms with E-state index in [1.54, 1.807) is 48.8 Å². The summed E-state index contributed by atoms with van der Waals surface area (Å²) in [6.07, 6.45) is 4.13. The number of rotatable bonds is 12. The van der Waals surface area contributed by atoms with E-state index in [1.807, 2.05) is 34.6 Å². The van der Waals surface area contributed by atoms with Crippen molar-refractivity contribution in [3.8, 4) is 0 Å². The molecule has 3 atom stereocenters. The summed E-state index contributed by atoms with van der Waals surface area (Å²) in [5, 5.41) is 7.67. The number of imide groups is 1. The van der Waals surface area contributed by atoms with Gasteiger partial charge in [-0.1, -0.05) is 46.8 Å². The number of thiol groups is 1. The van der Waals surface area contributed by atoms with Crippen LogP contribution in [-0.4, -0.2) is 63.3 Å². The molecule has 220 valence electrons. The monoisotopic (exact) mass is 581 g/mol. The summed E-state index contributed by atoms with van der Waals surface area (Å²) < 4.78 is 0. The summed E-state index contributed by atoms with van der Waals surface area (Å²) in [4.78, 5) is 69.8. The molecule has 2 heterocycles. The average molecular weight is 582 g/mol. The number of pyridine rings is 1. The summed E-state index contributed by atoms with van der Waals surface area (Å²) >= 11 is 4.43. The SMILES string of the molecule is CC(C)C[C@H](NC(=O)[C@@H](S)CCCN1C(=O)c2ccccc2C1=O)C(=O)NC(C(=O)Nc1ccncc1)C(C)(C)C. The highest BCUT2D eigenvalue weighted by Gasteiger charge is 2.36. The van der Waals surface area contributed by atoms with Gasteiger partial charge in [0.25, 0.3) is 11.8 Å². The molecule has 0 spiro atoms. The number of carbonyl (C=O) groups excluding carboxylic acids is 5. The number of benzene rings is 1. The Balaban J connectivity index is 1.59. The van der Waals surface area contributed by atoms with Crippen LogP contribution in [-0.2, 0) is 14.4 Å². The molecule has 10 nitrogen and oxygen atoms in total. The second-order valence-electron chi connectivity index (χ2n) is 11.7. The van der Waals surface area contributed by atoms with Gasteiger partial charge in [-0.05, 0) is 54.9 Å². The van der Waals surface area contributed by atoms with Crippen molar-refractivity contribution in [2.45, 2.75) is 71.2 Å². The number of hydrogen-bond acceptors (Lipinski definition) is 7. The fraction of sp³-hybridized carbons (Fsp3) is 0.467. The first-order valence-electron chi connectivity index (χ1n) is 13.7. The number of fused-ring (bicyclic) bond motifs is 1. The molecular weight excluding hydrogens is 542 g/mol. The molecule has 0 saturated heterocycles. The molecular formula is C30H39N5O5S. The van der Waals surface area contributed by atoms with Crippen molar-refractivity contribution >= 4 is 47.9 Å². The highest BCUT2D eigenvalue weighted by molar-refractivity contribution is 7.81. The molecule has 1 unspecified atom stereocenters. The van der Waals surface area contributed by atoms with Gasteiger partial charge in [-0.25, -0.2) is 0 Å². The molecule has 0 saturated carbocycles. The topological polar surface area (TPSA) is 138 Å². The van der Waals surface area contributed by atoms with Crippen molar-refractivity contribution in [3.63, 3.8) is 0 Å². The minimum Gasteiger partial charge on any atom is -0.343 e. The lowest BCUT2D eigenvalue weighted by Crippen LogP contribution is -2.57. The Bertz CT molecular complexity index is 1240. The van der Waals surface area contributed by atoms with E-state index in [0.29, 0.717) is 29.7 Å². The van der Waals surface area contributed by atoms with Crippen molar-refractivity contribution in [1.29, 1.82) is 0 Å². The quantitative estimate of drug-likeness (QED) is 0.224. The molecule has 3 rings (SSSR count). The van der Waals surface area contributed by atoms with Crippen LogP contribution in [0.15, 0.2) is 48.8 Å². The highest BCUT2D eigenvalue weighted by atomic mass is 32.1. The number of amides is 5. The summed E-state index contributed by atoms with van der Waals surface area (Å²) in [6.45, 7) is 9.56. The molecule has 1 aromatic carbocycles. The number of hydrogen-bond donors (Lipinski definition) is 4. The van der Waals surface area contributed by atoms with Gasteiger partial charge in [0.05, 0.1) is 16.4 Å². The lowest BCUT2D eigenvalue weighted by molar-refractivity contribution is -0.132. The normalized spacial score (nSPS) is 15.2. The van der Waals surface area contributed by atoms with Gasteiger partial charge in [-0.2, -0.15) is 12.6 Å². The van der Waals surface area contributed by atoms with Gasteiger partial charge in [0.1, 0.15) is 12.1 Å². The third-order valence-electron chi connectivity index (χ3n) is 6.74. The van der Waals surface area contributed by atoms with Crippen LogP contribution in [0.3, 0.4) is 0 Å². The molecule has 5 amide bonds. The van der Waals surface area contributed by atoms with Crippen molar-refractivity contribution < 1.29 is 24.0 Å². The Kier molecular flexibility index (Phi) is 10.7. The second kappa shape index (κ2) is 13.8. The maximum absolute atomic E-state index is 13.4. The minimum absolute atomic E-state index is 0.0805. The molecule has 0 bridgehead atoms. The van der Waals surface area contributed by atoms with Crippen LogP contribution < -0.4 is 16.0 Å². The fourth-order valence-electron chi connectivity index (χ4n) is 4.55. The van der Waals surface area contributed by atoms with Gasteiger partial charge in [0.15, 0.2) is 0 Å². The first kappa shape index (κ1) is 31.8. The zero-order valence-electron chi connectivity index (χ0n) is 24.1. The molecule has 1 aliphatic heterocycles. The Morgan fingerprint density at radius 1 is 0.902 bits per heavy atom. The Hall–Kier alpha value is -3.73. The standard InChI is InChI=1S/C30H39N5O5S/c1-18(2)17-22(25(36)34-24(30(3,4)5)27(38)32-19-12-14-31-15-13-19)33-26(37)23(41)11-8-16-35-28(39)20-9-6-7-10-21(20)29(35)40/h6-7,9-10,12-15,18,22-24,41H,8,11,16-17H2,1-5H3,(H,33,37)(H,34,36)(H,31,32,38)/t22-,23-,24?/m0/s1.